The van der Waals surface area contributed by atoms with Gasteiger partial charge in [-0.25, -0.2) is 5.43 Å². The number of alkyl halides is 3. The fourth-order valence-electron chi connectivity index (χ4n) is 3.67. The first-order valence-electron chi connectivity index (χ1n) is 10.4. The van der Waals surface area contributed by atoms with E-state index in [4.69, 9.17) is 0 Å². The average Bonchev–Trinajstić information content (AvgIpc) is 3.20. The van der Waals surface area contributed by atoms with Crippen molar-refractivity contribution in [1.29, 1.82) is 0 Å². The minimum Gasteiger partial charge on any atom is -0.352 e. The number of nitrogens with one attached hydrogen (secondary N) is 2. The number of benzene rings is 1. The molecule has 11 heteroatoms. The lowest BCUT2D eigenvalue weighted by molar-refractivity contribution is -0.140. The van der Waals surface area contributed by atoms with Crippen LogP contribution in [0, 0.1) is 5.92 Å². The van der Waals surface area contributed by atoms with Crippen LogP contribution >= 0.6 is 11.8 Å². The van der Waals surface area contributed by atoms with E-state index in [9.17, 15) is 27.6 Å². The molecule has 0 spiro atoms. The van der Waals surface area contributed by atoms with E-state index in [-0.39, 0.29) is 17.4 Å². The summed E-state index contributed by atoms with van der Waals surface area (Å²) < 4.78 is 38.8. The Morgan fingerprint density at radius 1 is 1.12 bits per heavy atom. The van der Waals surface area contributed by atoms with Gasteiger partial charge in [-0.1, -0.05) is 43.2 Å². The number of carbonyl (C=O) groups excluding carboxylic acids is 3. The quantitative estimate of drug-likeness (QED) is 0.493. The van der Waals surface area contributed by atoms with Crippen LogP contribution in [-0.2, 0) is 20.6 Å². The molecule has 1 unspecified atom stereocenters. The Morgan fingerprint density at radius 3 is 2.34 bits per heavy atom. The zero-order chi connectivity index (χ0) is 23.3. The van der Waals surface area contributed by atoms with Crippen LogP contribution in [0.25, 0.3) is 0 Å². The fraction of sp³-hybridized carbons (Fsp3) is 0.524. The van der Waals surface area contributed by atoms with E-state index < -0.39 is 29.5 Å². The summed E-state index contributed by atoms with van der Waals surface area (Å²) in [7, 11) is 1.79. The van der Waals surface area contributed by atoms with Crippen molar-refractivity contribution in [2.45, 2.75) is 44.3 Å². The number of Topliss-reactive ketones (excluding diaryl/α,β-unsaturated/α-hetero) is 1. The third kappa shape index (κ3) is 6.02. The van der Waals surface area contributed by atoms with E-state index in [0.29, 0.717) is 18.0 Å². The minimum atomic E-state index is -4.54. The Kier molecular flexibility index (Phi) is 7.81. The predicted molar refractivity (Wildman–Crippen MR) is 115 cm³/mol. The number of halogens is 3. The number of hydrogen-bond donors (Lipinski definition) is 2. The second kappa shape index (κ2) is 10.4. The van der Waals surface area contributed by atoms with Crippen molar-refractivity contribution in [3.63, 3.8) is 0 Å². The lowest BCUT2D eigenvalue weighted by atomic mass is 9.88. The van der Waals surface area contributed by atoms with Gasteiger partial charge in [0.05, 0.1) is 5.56 Å². The van der Waals surface area contributed by atoms with Crippen LogP contribution in [-0.4, -0.2) is 47.0 Å². The molecule has 2 fully saturated rings. The number of hydrazone groups is 1. The highest BCUT2D eigenvalue weighted by Crippen LogP contribution is 2.30. The number of thioether (sulfide) groups is 1. The molecule has 1 saturated heterocycles. The monoisotopic (exact) mass is 470 g/mol. The summed E-state index contributed by atoms with van der Waals surface area (Å²) in [5.41, 5.74) is 1.41. The molecule has 1 saturated carbocycles. The maximum atomic E-state index is 12.9. The van der Waals surface area contributed by atoms with Crippen LogP contribution in [0.4, 0.5) is 13.2 Å². The summed E-state index contributed by atoms with van der Waals surface area (Å²) in [5.74, 6) is -1.92. The van der Waals surface area contributed by atoms with E-state index in [1.807, 2.05) is 4.90 Å². The van der Waals surface area contributed by atoms with E-state index in [1.165, 1.54) is 11.8 Å². The lowest BCUT2D eigenvalue weighted by Gasteiger charge is -2.24. The predicted octanol–water partition coefficient (Wildman–Crippen LogP) is 3.08. The van der Waals surface area contributed by atoms with Gasteiger partial charge in [-0.05, 0) is 30.5 Å². The number of rotatable bonds is 6. The van der Waals surface area contributed by atoms with Gasteiger partial charge < -0.3 is 10.2 Å². The molecule has 7 nitrogen and oxygen atoms in total. The second-order valence-electron chi connectivity index (χ2n) is 7.87. The van der Waals surface area contributed by atoms with Gasteiger partial charge in [0.15, 0.2) is 5.17 Å². The van der Waals surface area contributed by atoms with E-state index >= 15 is 0 Å². The topological polar surface area (TPSA) is 90.9 Å². The molecular weight excluding hydrogens is 445 g/mol. The van der Waals surface area contributed by atoms with Gasteiger partial charge in [-0.3, -0.25) is 14.4 Å². The Balaban J connectivity index is 1.79. The van der Waals surface area contributed by atoms with Gasteiger partial charge in [0.2, 0.25) is 11.7 Å². The first-order chi connectivity index (χ1) is 15.2. The van der Waals surface area contributed by atoms with Crippen molar-refractivity contribution in [3.8, 4) is 0 Å². The highest BCUT2D eigenvalue weighted by atomic mass is 32.2. The molecule has 3 rings (SSSR count). The molecule has 1 atom stereocenters. The molecule has 0 aromatic heterocycles. The molecule has 1 aromatic carbocycles. The van der Waals surface area contributed by atoms with Crippen LogP contribution in [0.5, 0.6) is 0 Å². The SMILES string of the molecule is CN1CCSC1=NNC(=O)C(=O)C(NC(=O)C1CCCCC1)c1ccc(C(F)(F)F)cc1. The van der Waals surface area contributed by atoms with Gasteiger partial charge in [-0.2, -0.15) is 13.2 Å². The van der Waals surface area contributed by atoms with Crippen LogP contribution in [0.1, 0.15) is 49.3 Å². The molecule has 2 amide bonds. The van der Waals surface area contributed by atoms with E-state index in [2.05, 4.69) is 15.8 Å². The Labute approximate surface area is 188 Å². The third-order valence-corrected chi connectivity index (χ3v) is 6.61. The summed E-state index contributed by atoms with van der Waals surface area (Å²) in [4.78, 5) is 39.9. The molecular formula is C21H25F3N4O3S. The standard InChI is InChI=1S/C21H25F3N4O3S/c1-28-11-12-32-20(28)27-26-19(31)17(29)16(25-18(30)14-5-3-2-4-6-14)13-7-9-15(10-8-13)21(22,23)24/h7-10,14,16H,2-6,11-12H2,1H3,(H,25,30)(H,26,31). The normalized spacial score (nSPS) is 19.6. The summed E-state index contributed by atoms with van der Waals surface area (Å²) >= 11 is 1.42. The first-order valence-corrected chi connectivity index (χ1v) is 11.4. The van der Waals surface area contributed by atoms with Crippen molar-refractivity contribution < 1.29 is 27.6 Å². The van der Waals surface area contributed by atoms with Crippen LogP contribution in [0.15, 0.2) is 29.4 Å². The fourth-order valence-corrected chi connectivity index (χ4v) is 4.64. The number of ketones is 1. The van der Waals surface area contributed by atoms with Crippen molar-refractivity contribution in [3.05, 3.63) is 35.4 Å². The molecule has 32 heavy (non-hydrogen) atoms. The number of amidine groups is 1. The molecule has 2 aliphatic rings. The number of hydrogen-bond acceptors (Lipinski definition) is 5. The molecule has 0 radical (unpaired) electrons. The maximum absolute atomic E-state index is 12.9. The second-order valence-corrected chi connectivity index (χ2v) is 8.93. The molecule has 2 N–H and O–H groups in total. The number of nitrogens with zero attached hydrogens (tertiary/aromatic N) is 2. The van der Waals surface area contributed by atoms with Crippen molar-refractivity contribution >= 4 is 34.5 Å². The summed E-state index contributed by atoms with van der Waals surface area (Å²) in [6.07, 6.45) is -0.394. The number of carbonyl (C=O) groups is 3. The largest absolute Gasteiger partial charge is 0.416 e. The zero-order valence-corrected chi connectivity index (χ0v) is 18.4. The third-order valence-electron chi connectivity index (χ3n) is 5.56. The first kappa shape index (κ1) is 24.1. The van der Waals surface area contributed by atoms with E-state index in [1.54, 1.807) is 7.05 Å². The maximum Gasteiger partial charge on any atom is 0.416 e. The van der Waals surface area contributed by atoms with Crippen LogP contribution in [0.2, 0.25) is 0 Å². The van der Waals surface area contributed by atoms with Gasteiger partial charge in [-0.15, -0.1) is 5.10 Å². The molecule has 1 aliphatic carbocycles. The van der Waals surface area contributed by atoms with Gasteiger partial charge >= 0.3 is 12.1 Å². The highest BCUT2D eigenvalue weighted by Gasteiger charge is 2.34. The minimum absolute atomic E-state index is 0.0994. The van der Waals surface area contributed by atoms with E-state index in [0.717, 1.165) is 55.8 Å². The van der Waals surface area contributed by atoms with Gasteiger partial charge in [0.25, 0.3) is 0 Å². The molecule has 174 valence electrons. The molecule has 0 bridgehead atoms. The van der Waals surface area contributed by atoms with Gasteiger partial charge in [0, 0.05) is 25.3 Å². The Morgan fingerprint density at radius 2 is 1.78 bits per heavy atom. The summed E-state index contributed by atoms with van der Waals surface area (Å²) in [5, 5.41) is 7.07. The highest BCUT2D eigenvalue weighted by molar-refractivity contribution is 8.14. The Bertz CT molecular complexity index is 883. The molecule has 1 aliphatic heterocycles. The van der Waals surface area contributed by atoms with Crippen LogP contribution < -0.4 is 10.7 Å². The molecule has 1 heterocycles. The average molecular weight is 471 g/mol. The molecule has 1 aromatic rings. The van der Waals surface area contributed by atoms with Crippen LogP contribution in [0.3, 0.4) is 0 Å². The smallest absolute Gasteiger partial charge is 0.352 e. The summed E-state index contributed by atoms with van der Waals surface area (Å²) in [6, 6.07) is 2.45. The van der Waals surface area contributed by atoms with Crippen molar-refractivity contribution in [1.82, 2.24) is 15.6 Å². The van der Waals surface area contributed by atoms with Crippen molar-refractivity contribution in [2.24, 2.45) is 11.0 Å². The Hall–Kier alpha value is -2.56. The lowest BCUT2D eigenvalue weighted by Crippen LogP contribution is -2.43. The number of amides is 2. The van der Waals surface area contributed by atoms with Crippen molar-refractivity contribution in [2.75, 3.05) is 19.3 Å². The zero-order valence-electron chi connectivity index (χ0n) is 17.6. The van der Waals surface area contributed by atoms with Gasteiger partial charge in [0.1, 0.15) is 6.04 Å². The summed E-state index contributed by atoms with van der Waals surface area (Å²) in [6.45, 7) is 0.749.